The predicted molar refractivity (Wildman–Crippen MR) is 81.1 cm³/mol. The summed E-state index contributed by atoms with van der Waals surface area (Å²) < 4.78 is 10.9. The Kier molecular flexibility index (Phi) is 4.85. The van der Waals surface area contributed by atoms with Gasteiger partial charge in [0, 0.05) is 6.61 Å². The fourth-order valence-electron chi connectivity index (χ4n) is 2.31. The Hall–Kier alpha value is -1.59. The molecular formula is C16H24N2O3. The summed E-state index contributed by atoms with van der Waals surface area (Å²) in [5.41, 5.74) is 6.15. The van der Waals surface area contributed by atoms with Gasteiger partial charge in [-0.2, -0.15) is 0 Å². The van der Waals surface area contributed by atoms with Gasteiger partial charge in [-0.15, -0.1) is 0 Å². The van der Waals surface area contributed by atoms with Crippen molar-refractivity contribution in [1.29, 1.82) is 0 Å². The third-order valence-electron chi connectivity index (χ3n) is 3.58. The number of ether oxygens (including phenoxy) is 2. The number of benzene rings is 1. The zero-order valence-corrected chi connectivity index (χ0v) is 12.9. The van der Waals surface area contributed by atoms with Crippen molar-refractivity contribution < 1.29 is 14.3 Å². The molecule has 116 valence electrons. The van der Waals surface area contributed by atoms with E-state index in [1.54, 1.807) is 0 Å². The van der Waals surface area contributed by atoms with E-state index in [0.717, 1.165) is 11.3 Å². The van der Waals surface area contributed by atoms with Crippen LogP contribution in [0.15, 0.2) is 24.3 Å². The van der Waals surface area contributed by atoms with Crippen LogP contribution >= 0.6 is 0 Å². The number of hydrogen-bond acceptors (Lipinski definition) is 4. The lowest BCUT2D eigenvalue weighted by atomic mass is 9.98. The lowest BCUT2D eigenvalue weighted by molar-refractivity contribution is -0.127. The van der Waals surface area contributed by atoms with Crippen LogP contribution in [0.4, 0.5) is 0 Å². The summed E-state index contributed by atoms with van der Waals surface area (Å²) in [6.07, 6.45) is 0.676. The largest absolute Gasteiger partial charge is 0.491 e. The minimum Gasteiger partial charge on any atom is -0.491 e. The molecule has 1 fully saturated rings. The fourth-order valence-corrected chi connectivity index (χ4v) is 2.31. The molecule has 5 heteroatoms. The summed E-state index contributed by atoms with van der Waals surface area (Å²) in [7, 11) is 0. The molecule has 1 saturated heterocycles. The number of nitrogens with one attached hydrogen (secondary N) is 1. The van der Waals surface area contributed by atoms with Crippen LogP contribution in [-0.4, -0.2) is 30.8 Å². The van der Waals surface area contributed by atoms with Crippen LogP contribution in [0.2, 0.25) is 0 Å². The first-order valence-electron chi connectivity index (χ1n) is 7.35. The first-order valence-corrected chi connectivity index (χ1v) is 7.35. The summed E-state index contributed by atoms with van der Waals surface area (Å²) in [4.78, 5) is 12.3. The maximum absolute atomic E-state index is 12.3. The van der Waals surface area contributed by atoms with Gasteiger partial charge in [0.15, 0.2) is 0 Å². The van der Waals surface area contributed by atoms with Gasteiger partial charge in [-0.05, 0) is 44.9 Å². The second kappa shape index (κ2) is 6.45. The van der Waals surface area contributed by atoms with Gasteiger partial charge in [0.1, 0.15) is 11.3 Å². The highest BCUT2D eigenvalue weighted by atomic mass is 16.5. The average Bonchev–Trinajstić information content (AvgIpc) is 2.86. The highest BCUT2D eigenvalue weighted by molar-refractivity contribution is 5.86. The normalized spacial score (nSPS) is 23.1. The van der Waals surface area contributed by atoms with E-state index in [-0.39, 0.29) is 24.7 Å². The number of amides is 1. The molecule has 2 unspecified atom stereocenters. The minimum absolute atomic E-state index is 0.119. The van der Waals surface area contributed by atoms with E-state index in [1.807, 2.05) is 45.0 Å². The van der Waals surface area contributed by atoms with E-state index < -0.39 is 5.54 Å². The monoisotopic (exact) mass is 292 g/mol. The molecule has 0 spiro atoms. The molecule has 0 radical (unpaired) electrons. The summed E-state index contributed by atoms with van der Waals surface area (Å²) in [5.74, 6) is 0.637. The molecule has 1 aromatic rings. The Morgan fingerprint density at radius 2 is 2.19 bits per heavy atom. The van der Waals surface area contributed by atoms with E-state index in [2.05, 4.69) is 5.32 Å². The average molecular weight is 292 g/mol. The maximum Gasteiger partial charge on any atom is 0.243 e. The molecule has 0 saturated carbocycles. The van der Waals surface area contributed by atoms with Crippen molar-refractivity contribution in [3.05, 3.63) is 29.8 Å². The first-order chi connectivity index (χ1) is 9.90. The van der Waals surface area contributed by atoms with E-state index in [0.29, 0.717) is 13.0 Å². The van der Waals surface area contributed by atoms with Gasteiger partial charge in [-0.1, -0.05) is 12.1 Å². The van der Waals surface area contributed by atoms with E-state index >= 15 is 0 Å². The first kappa shape index (κ1) is 15.8. The van der Waals surface area contributed by atoms with Gasteiger partial charge in [-0.3, -0.25) is 4.79 Å². The van der Waals surface area contributed by atoms with Crippen molar-refractivity contribution in [2.24, 2.45) is 5.73 Å². The van der Waals surface area contributed by atoms with E-state index in [1.165, 1.54) is 0 Å². The third kappa shape index (κ3) is 3.95. The Morgan fingerprint density at radius 1 is 1.43 bits per heavy atom. The molecule has 2 atom stereocenters. The lowest BCUT2D eigenvalue weighted by Gasteiger charge is -2.24. The van der Waals surface area contributed by atoms with Crippen molar-refractivity contribution in [3.8, 4) is 5.75 Å². The fraction of sp³-hybridized carbons (Fsp3) is 0.562. The second-order valence-electron chi connectivity index (χ2n) is 5.89. The molecule has 1 heterocycles. The van der Waals surface area contributed by atoms with Crippen LogP contribution in [0.5, 0.6) is 5.75 Å². The van der Waals surface area contributed by atoms with Crippen molar-refractivity contribution in [3.63, 3.8) is 0 Å². The zero-order valence-electron chi connectivity index (χ0n) is 12.9. The van der Waals surface area contributed by atoms with Gasteiger partial charge in [0.2, 0.25) is 5.91 Å². The second-order valence-corrected chi connectivity index (χ2v) is 5.89. The quantitative estimate of drug-likeness (QED) is 0.867. The summed E-state index contributed by atoms with van der Waals surface area (Å²) in [6.45, 7) is 6.72. The van der Waals surface area contributed by atoms with Crippen LogP contribution in [0.1, 0.15) is 38.8 Å². The molecule has 21 heavy (non-hydrogen) atoms. The molecular weight excluding hydrogens is 268 g/mol. The molecule has 2 rings (SSSR count). The van der Waals surface area contributed by atoms with E-state index in [4.69, 9.17) is 15.2 Å². The van der Waals surface area contributed by atoms with Gasteiger partial charge >= 0.3 is 0 Å². The van der Waals surface area contributed by atoms with Crippen LogP contribution in [0.3, 0.4) is 0 Å². The Balaban J connectivity index is 2.02. The highest BCUT2D eigenvalue weighted by Gasteiger charge is 2.38. The molecule has 0 aromatic heterocycles. The maximum atomic E-state index is 12.3. The van der Waals surface area contributed by atoms with Crippen molar-refractivity contribution >= 4 is 5.91 Å². The molecule has 1 aliphatic rings. The SMILES string of the molecule is CC(C)Oc1cccc(C(C)NC(=O)C2(N)CCOC2)c1. The van der Waals surface area contributed by atoms with Crippen molar-refractivity contribution in [1.82, 2.24) is 5.32 Å². The number of carbonyl (C=O) groups excluding carboxylic acids is 1. The van der Waals surface area contributed by atoms with Crippen molar-refractivity contribution in [2.45, 2.75) is 44.9 Å². The van der Waals surface area contributed by atoms with Gasteiger partial charge in [0.25, 0.3) is 0 Å². The number of nitrogens with two attached hydrogens (primary N) is 1. The van der Waals surface area contributed by atoms with Crippen molar-refractivity contribution in [2.75, 3.05) is 13.2 Å². The number of rotatable bonds is 5. The van der Waals surface area contributed by atoms with E-state index in [9.17, 15) is 4.79 Å². The summed E-state index contributed by atoms with van der Waals surface area (Å²) in [5, 5.41) is 2.96. The van der Waals surface area contributed by atoms with Crippen LogP contribution in [0.25, 0.3) is 0 Å². The van der Waals surface area contributed by atoms with Gasteiger partial charge < -0.3 is 20.5 Å². The summed E-state index contributed by atoms with van der Waals surface area (Å²) >= 11 is 0. The molecule has 1 aliphatic heterocycles. The minimum atomic E-state index is -0.902. The number of carbonyl (C=O) groups is 1. The lowest BCUT2D eigenvalue weighted by Crippen LogP contribution is -2.54. The standard InChI is InChI=1S/C16H24N2O3/c1-11(2)21-14-6-4-5-13(9-14)12(3)18-15(19)16(17)7-8-20-10-16/h4-6,9,11-12H,7-8,10,17H2,1-3H3,(H,18,19). The molecule has 0 aliphatic carbocycles. The van der Waals surface area contributed by atoms with Crippen LogP contribution in [0, 0.1) is 0 Å². The van der Waals surface area contributed by atoms with Crippen LogP contribution < -0.4 is 15.8 Å². The molecule has 1 aromatic carbocycles. The predicted octanol–water partition coefficient (Wildman–Crippen LogP) is 1.77. The molecule has 1 amide bonds. The highest BCUT2D eigenvalue weighted by Crippen LogP contribution is 2.22. The zero-order chi connectivity index (χ0) is 15.5. The molecule has 3 N–H and O–H groups in total. The Labute approximate surface area is 125 Å². The Morgan fingerprint density at radius 3 is 2.81 bits per heavy atom. The smallest absolute Gasteiger partial charge is 0.243 e. The Bertz CT molecular complexity index is 496. The number of hydrogen-bond donors (Lipinski definition) is 2. The third-order valence-corrected chi connectivity index (χ3v) is 3.58. The van der Waals surface area contributed by atoms with Gasteiger partial charge in [-0.25, -0.2) is 0 Å². The summed E-state index contributed by atoms with van der Waals surface area (Å²) in [6, 6.07) is 7.61. The van der Waals surface area contributed by atoms with Gasteiger partial charge in [0.05, 0.1) is 18.8 Å². The topological polar surface area (TPSA) is 73.6 Å². The van der Waals surface area contributed by atoms with Crippen LogP contribution in [-0.2, 0) is 9.53 Å². The molecule has 5 nitrogen and oxygen atoms in total. The molecule has 0 bridgehead atoms.